The van der Waals surface area contributed by atoms with Crippen LogP contribution in [0.1, 0.15) is 17.9 Å². The topological polar surface area (TPSA) is 29.0 Å². The molecule has 1 aromatic rings. The lowest BCUT2D eigenvalue weighted by atomic mass is 10.2. The maximum atomic E-state index is 5.86. The average molecular weight is 226 g/mol. The Balaban J connectivity index is 2.16. The molecule has 4 heteroatoms. The van der Waals surface area contributed by atoms with E-state index in [1.54, 1.807) is 0 Å². The summed E-state index contributed by atoms with van der Waals surface area (Å²) in [4.78, 5) is 11.0. The largest absolute Gasteiger partial charge is 0.356 e. The molecular weight excluding hydrogens is 210 g/mol. The van der Waals surface area contributed by atoms with Gasteiger partial charge in [0.1, 0.15) is 11.6 Å². The molecule has 0 amide bonds. The second-order valence-corrected chi connectivity index (χ2v) is 4.48. The van der Waals surface area contributed by atoms with Crippen molar-refractivity contribution in [3.63, 3.8) is 0 Å². The Bertz CT molecular complexity index is 333. The van der Waals surface area contributed by atoms with E-state index in [-0.39, 0.29) is 0 Å². The fraction of sp³-hybridized carbons (Fsp3) is 0.636. The van der Waals surface area contributed by atoms with Crippen LogP contribution >= 0.6 is 11.6 Å². The predicted octanol–water partition coefficient (Wildman–Crippen LogP) is 2.16. The SMILES string of the molecule is Cc1cc(N2CCC(CCl)C2)nc(C)n1. The van der Waals surface area contributed by atoms with E-state index in [4.69, 9.17) is 11.6 Å². The average Bonchev–Trinajstić information content (AvgIpc) is 2.64. The first kappa shape index (κ1) is 10.7. The third-order valence-electron chi connectivity index (χ3n) is 2.78. The van der Waals surface area contributed by atoms with Gasteiger partial charge in [0.05, 0.1) is 0 Å². The van der Waals surface area contributed by atoms with Crippen molar-refractivity contribution in [2.75, 3.05) is 23.9 Å². The summed E-state index contributed by atoms with van der Waals surface area (Å²) in [7, 11) is 0. The van der Waals surface area contributed by atoms with Crippen molar-refractivity contribution in [1.29, 1.82) is 0 Å². The number of aromatic nitrogens is 2. The molecule has 1 aliphatic rings. The van der Waals surface area contributed by atoms with E-state index < -0.39 is 0 Å². The van der Waals surface area contributed by atoms with Crippen LogP contribution in [-0.2, 0) is 0 Å². The van der Waals surface area contributed by atoms with Crippen LogP contribution in [0, 0.1) is 19.8 Å². The standard InChI is InChI=1S/C11H16ClN3/c1-8-5-11(14-9(2)13-8)15-4-3-10(6-12)7-15/h5,10H,3-4,6-7H2,1-2H3. The highest BCUT2D eigenvalue weighted by molar-refractivity contribution is 6.18. The summed E-state index contributed by atoms with van der Waals surface area (Å²) in [5.41, 5.74) is 1.03. The summed E-state index contributed by atoms with van der Waals surface area (Å²) in [6, 6.07) is 2.05. The number of alkyl halides is 1. The first-order valence-electron chi connectivity index (χ1n) is 5.32. The lowest BCUT2D eigenvalue weighted by molar-refractivity contribution is 0.666. The molecule has 1 unspecified atom stereocenters. The Kier molecular flexibility index (Phi) is 3.10. The van der Waals surface area contributed by atoms with Gasteiger partial charge in [-0.1, -0.05) is 0 Å². The van der Waals surface area contributed by atoms with Gasteiger partial charge >= 0.3 is 0 Å². The van der Waals surface area contributed by atoms with Crippen LogP contribution in [0.25, 0.3) is 0 Å². The van der Waals surface area contributed by atoms with Crippen LogP contribution < -0.4 is 4.90 Å². The molecule has 0 aromatic carbocycles. The molecule has 0 spiro atoms. The molecule has 3 nitrogen and oxygen atoms in total. The first-order chi connectivity index (χ1) is 7.19. The number of halogens is 1. The Morgan fingerprint density at radius 1 is 1.47 bits per heavy atom. The molecule has 0 saturated carbocycles. The second-order valence-electron chi connectivity index (χ2n) is 4.17. The third-order valence-corrected chi connectivity index (χ3v) is 3.22. The van der Waals surface area contributed by atoms with Crippen LogP contribution in [0.2, 0.25) is 0 Å². The summed E-state index contributed by atoms with van der Waals surface area (Å²) in [6.07, 6.45) is 1.17. The van der Waals surface area contributed by atoms with Crippen LogP contribution in [-0.4, -0.2) is 28.9 Å². The number of hydrogen-bond donors (Lipinski definition) is 0. The van der Waals surface area contributed by atoms with Gasteiger partial charge in [0.25, 0.3) is 0 Å². The van der Waals surface area contributed by atoms with Crippen molar-refractivity contribution in [3.05, 3.63) is 17.6 Å². The molecule has 0 radical (unpaired) electrons. The maximum Gasteiger partial charge on any atom is 0.132 e. The third kappa shape index (κ3) is 2.40. The molecule has 1 fully saturated rings. The highest BCUT2D eigenvalue weighted by atomic mass is 35.5. The molecule has 2 heterocycles. The number of hydrogen-bond acceptors (Lipinski definition) is 3. The summed E-state index contributed by atoms with van der Waals surface area (Å²) in [6.45, 7) is 6.03. The van der Waals surface area contributed by atoms with Gasteiger partial charge in [0, 0.05) is 30.7 Å². The fourth-order valence-electron chi connectivity index (χ4n) is 2.03. The summed E-state index contributed by atoms with van der Waals surface area (Å²) in [5, 5.41) is 0. The Morgan fingerprint density at radius 3 is 2.87 bits per heavy atom. The zero-order valence-electron chi connectivity index (χ0n) is 9.20. The number of anilines is 1. The molecule has 0 bridgehead atoms. The molecule has 1 atom stereocenters. The van der Waals surface area contributed by atoms with E-state index in [1.807, 2.05) is 19.9 Å². The van der Waals surface area contributed by atoms with Crippen LogP contribution in [0.3, 0.4) is 0 Å². The zero-order valence-corrected chi connectivity index (χ0v) is 9.96. The van der Waals surface area contributed by atoms with Gasteiger partial charge in [-0.05, 0) is 26.2 Å². The van der Waals surface area contributed by atoms with Crippen molar-refractivity contribution in [2.24, 2.45) is 5.92 Å². The molecule has 82 valence electrons. The molecule has 15 heavy (non-hydrogen) atoms. The Morgan fingerprint density at radius 2 is 2.27 bits per heavy atom. The highest BCUT2D eigenvalue weighted by Gasteiger charge is 2.22. The quantitative estimate of drug-likeness (QED) is 0.723. The second kappa shape index (κ2) is 4.35. The molecule has 2 rings (SSSR count). The molecule has 0 N–H and O–H groups in total. The van der Waals surface area contributed by atoms with E-state index in [2.05, 4.69) is 14.9 Å². The monoisotopic (exact) mass is 225 g/mol. The van der Waals surface area contributed by atoms with E-state index in [1.165, 1.54) is 6.42 Å². The summed E-state index contributed by atoms with van der Waals surface area (Å²) >= 11 is 5.86. The van der Waals surface area contributed by atoms with Crippen LogP contribution in [0.15, 0.2) is 6.07 Å². The van der Waals surface area contributed by atoms with Gasteiger partial charge in [-0.15, -0.1) is 11.6 Å². The molecule has 1 aromatic heterocycles. The van der Waals surface area contributed by atoms with Gasteiger partial charge < -0.3 is 4.90 Å². The first-order valence-corrected chi connectivity index (χ1v) is 5.85. The maximum absolute atomic E-state index is 5.86. The van der Waals surface area contributed by atoms with Gasteiger partial charge in [-0.3, -0.25) is 0 Å². The Labute approximate surface area is 95.5 Å². The van der Waals surface area contributed by atoms with Crippen LogP contribution in [0.4, 0.5) is 5.82 Å². The minimum atomic E-state index is 0.613. The predicted molar refractivity (Wildman–Crippen MR) is 62.5 cm³/mol. The van der Waals surface area contributed by atoms with Crippen molar-refractivity contribution in [3.8, 4) is 0 Å². The van der Waals surface area contributed by atoms with Crippen LogP contribution in [0.5, 0.6) is 0 Å². The number of aryl methyl sites for hydroxylation is 2. The number of nitrogens with zero attached hydrogens (tertiary/aromatic N) is 3. The molecule has 1 aliphatic heterocycles. The van der Waals surface area contributed by atoms with Crippen molar-refractivity contribution in [1.82, 2.24) is 9.97 Å². The van der Waals surface area contributed by atoms with Crippen molar-refractivity contribution in [2.45, 2.75) is 20.3 Å². The normalized spacial score (nSPS) is 21.0. The van der Waals surface area contributed by atoms with Gasteiger partial charge in [0.15, 0.2) is 0 Å². The molecule has 0 aliphatic carbocycles. The minimum absolute atomic E-state index is 0.613. The fourth-order valence-corrected chi connectivity index (χ4v) is 2.28. The van der Waals surface area contributed by atoms with Gasteiger partial charge in [-0.25, -0.2) is 9.97 Å². The highest BCUT2D eigenvalue weighted by Crippen LogP contribution is 2.23. The zero-order chi connectivity index (χ0) is 10.8. The summed E-state index contributed by atoms with van der Waals surface area (Å²) < 4.78 is 0. The van der Waals surface area contributed by atoms with E-state index in [0.29, 0.717) is 5.92 Å². The van der Waals surface area contributed by atoms with Gasteiger partial charge in [0.2, 0.25) is 0 Å². The Hall–Kier alpha value is -0.830. The van der Waals surface area contributed by atoms with E-state index in [0.717, 1.165) is 36.3 Å². The lowest BCUT2D eigenvalue weighted by Crippen LogP contribution is -2.21. The number of rotatable bonds is 2. The van der Waals surface area contributed by atoms with Crippen molar-refractivity contribution >= 4 is 17.4 Å². The molecule has 1 saturated heterocycles. The summed E-state index contributed by atoms with van der Waals surface area (Å²) in [5.74, 6) is 3.26. The van der Waals surface area contributed by atoms with Gasteiger partial charge in [-0.2, -0.15) is 0 Å². The minimum Gasteiger partial charge on any atom is -0.356 e. The van der Waals surface area contributed by atoms with Crippen molar-refractivity contribution < 1.29 is 0 Å². The van der Waals surface area contributed by atoms with E-state index in [9.17, 15) is 0 Å². The molecular formula is C11H16ClN3. The smallest absolute Gasteiger partial charge is 0.132 e. The lowest BCUT2D eigenvalue weighted by Gasteiger charge is -2.17. The van der Waals surface area contributed by atoms with E-state index >= 15 is 0 Å².